The van der Waals surface area contributed by atoms with Crippen LogP contribution >= 0.6 is 11.3 Å². The zero-order valence-corrected chi connectivity index (χ0v) is 18.3. The van der Waals surface area contributed by atoms with Crippen LogP contribution in [-0.4, -0.2) is 23.3 Å². The summed E-state index contributed by atoms with van der Waals surface area (Å²) in [6.07, 6.45) is 5.68. The molecule has 1 fully saturated rings. The average molecular weight is 412 g/mol. The van der Waals surface area contributed by atoms with E-state index in [1.54, 1.807) is 0 Å². The number of amides is 2. The maximum Gasteiger partial charge on any atom is 0.229 e. The fourth-order valence-corrected chi connectivity index (χ4v) is 4.95. The minimum atomic E-state index is -0.0142. The maximum absolute atomic E-state index is 12.7. The third-order valence-electron chi connectivity index (χ3n) is 5.71. The largest absolute Gasteiger partial charge is 0.312 e. The van der Waals surface area contributed by atoms with Crippen molar-refractivity contribution in [3.05, 3.63) is 29.1 Å². The number of benzene rings is 1. The van der Waals surface area contributed by atoms with Crippen LogP contribution in [-0.2, 0) is 16.0 Å². The van der Waals surface area contributed by atoms with Crippen molar-refractivity contribution in [2.75, 3.05) is 16.8 Å². The van der Waals surface area contributed by atoms with E-state index in [0.717, 1.165) is 55.6 Å². The quantitative estimate of drug-likeness (QED) is 0.746. The summed E-state index contributed by atoms with van der Waals surface area (Å²) in [6.45, 7) is 7.02. The van der Waals surface area contributed by atoms with Crippen LogP contribution in [0.4, 0.5) is 10.8 Å². The summed E-state index contributed by atoms with van der Waals surface area (Å²) >= 11 is 1.47. The normalized spacial score (nSPS) is 16.9. The van der Waals surface area contributed by atoms with Crippen LogP contribution in [0.2, 0.25) is 0 Å². The zero-order chi connectivity index (χ0) is 20.6. The number of carbonyl (C=O) groups excluding carboxylic acids is 2. The highest BCUT2D eigenvalue weighted by Gasteiger charge is 2.28. The second kappa shape index (κ2) is 7.90. The third-order valence-corrected chi connectivity index (χ3v) is 6.47. The van der Waals surface area contributed by atoms with Crippen molar-refractivity contribution in [2.45, 2.75) is 59.3 Å². The topological polar surface area (TPSA) is 62.3 Å². The van der Waals surface area contributed by atoms with Crippen molar-refractivity contribution in [2.24, 2.45) is 11.3 Å². The molecule has 1 aromatic heterocycles. The Morgan fingerprint density at radius 1 is 1.24 bits per heavy atom. The van der Waals surface area contributed by atoms with Crippen molar-refractivity contribution >= 4 is 34.0 Å². The molecule has 154 valence electrons. The van der Waals surface area contributed by atoms with E-state index in [-0.39, 0.29) is 23.1 Å². The molecule has 29 heavy (non-hydrogen) atoms. The first-order chi connectivity index (χ1) is 13.8. The highest BCUT2D eigenvalue weighted by atomic mass is 32.1. The van der Waals surface area contributed by atoms with E-state index in [0.29, 0.717) is 11.6 Å². The van der Waals surface area contributed by atoms with Crippen molar-refractivity contribution in [3.63, 3.8) is 0 Å². The van der Waals surface area contributed by atoms with Gasteiger partial charge in [-0.1, -0.05) is 39.7 Å². The van der Waals surface area contributed by atoms with Gasteiger partial charge in [0, 0.05) is 35.5 Å². The van der Waals surface area contributed by atoms with E-state index in [2.05, 4.69) is 37.1 Å². The van der Waals surface area contributed by atoms with E-state index in [4.69, 9.17) is 0 Å². The van der Waals surface area contributed by atoms with E-state index in [1.807, 2.05) is 22.4 Å². The molecule has 2 aliphatic rings. The molecule has 0 unspecified atom stereocenters. The van der Waals surface area contributed by atoms with E-state index < -0.39 is 0 Å². The monoisotopic (exact) mass is 411 g/mol. The molecule has 1 saturated carbocycles. The van der Waals surface area contributed by atoms with Gasteiger partial charge in [0.05, 0.1) is 5.69 Å². The number of hydrogen-bond donors (Lipinski definition) is 1. The number of thiazole rings is 1. The molecule has 1 N–H and O–H groups in total. The molecule has 0 saturated heterocycles. The number of fused-ring (bicyclic) bond motifs is 1. The van der Waals surface area contributed by atoms with E-state index in [9.17, 15) is 9.59 Å². The Morgan fingerprint density at radius 3 is 2.72 bits per heavy atom. The lowest BCUT2D eigenvalue weighted by molar-refractivity contribution is -0.120. The molecule has 2 aromatic rings. The predicted octanol–water partition coefficient (Wildman–Crippen LogP) is 5.26. The number of anilines is 2. The Balaban J connectivity index is 1.47. The van der Waals surface area contributed by atoms with Crippen LogP contribution in [0.25, 0.3) is 11.3 Å². The van der Waals surface area contributed by atoms with Gasteiger partial charge in [-0.15, -0.1) is 11.3 Å². The average Bonchev–Trinajstić information content (AvgIpc) is 3.39. The number of aromatic nitrogens is 1. The molecule has 0 atom stereocenters. The van der Waals surface area contributed by atoms with Crippen LogP contribution < -0.4 is 10.2 Å². The molecule has 1 aliphatic carbocycles. The first-order valence-corrected chi connectivity index (χ1v) is 11.4. The molecule has 2 heterocycles. The van der Waals surface area contributed by atoms with Gasteiger partial charge in [0.25, 0.3) is 0 Å². The smallest absolute Gasteiger partial charge is 0.229 e. The van der Waals surface area contributed by atoms with E-state index >= 15 is 0 Å². The van der Waals surface area contributed by atoms with Gasteiger partial charge < -0.3 is 10.2 Å². The van der Waals surface area contributed by atoms with Crippen LogP contribution in [0.3, 0.4) is 0 Å². The van der Waals surface area contributed by atoms with E-state index in [1.165, 1.54) is 16.9 Å². The van der Waals surface area contributed by atoms with Crippen molar-refractivity contribution in [1.82, 2.24) is 4.98 Å². The first kappa shape index (κ1) is 20.1. The summed E-state index contributed by atoms with van der Waals surface area (Å²) in [5, 5.41) is 5.64. The minimum absolute atomic E-state index is 0.0142. The summed E-state index contributed by atoms with van der Waals surface area (Å²) in [6, 6.07) is 6.20. The summed E-state index contributed by atoms with van der Waals surface area (Å²) in [4.78, 5) is 31.5. The second-order valence-corrected chi connectivity index (χ2v) is 10.2. The van der Waals surface area contributed by atoms with Crippen LogP contribution in [0, 0.1) is 11.3 Å². The number of hydrogen-bond acceptors (Lipinski definition) is 4. The maximum atomic E-state index is 12.7. The lowest BCUT2D eigenvalue weighted by Crippen LogP contribution is -2.31. The van der Waals surface area contributed by atoms with Gasteiger partial charge in [0.2, 0.25) is 11.8 Å². The summed E-state index contributed by atoms with van der Waals surface area (Å²) < 4.78 is 0. The molecule has 2 amide bonds. The Labute approximate surface area is 176 Å². The van der Waals surface area contributed by atoms with Gasteiger partial charge >= 0.3 is 0 Å². The predicted molar refractivity (Wildman–Crippen MR) is 118 cm³/mol. The van der Waals surface area contributed by atoms with Gasteiger partial charge in [0.15, 0.2) is 5.13 Å². The Kier molecular flexibility index (Phi) is 5.47. The Hall–Kier alpha value is -2.21. The highest BCUT2D eigenvalue weighted by Crippen LogP contribution is 2.35. The molecule has 1 aromatic carbocycles. The van der Waals surface area contributed by atoms with Gasteiger partial charge in [-0.3, -0.25) is 9.59 Å². The lowest BCUT2D eigenvalue weighted by atomic mass is 9.91. The molecule has 0 spiro atoms. The molecule has 5 nitrogen and oxygen atoms in total. The first-order valence-electron chi connectivity index (χ1n) is 10.5. The molecular weight excluding hydrogens is 382 g/mol. The Morgan fingerprint density at radius 2 is 2.00 bits per heavy atom. The summed E-state index contributed by atoms with van der Waals surface area (Å²) in [5.41, 5.74) is 4.10. The van der Waals surface area contributed by atoms with Gasteiger partial charge in [-0.05, 0) is 42.4 Å². The molecular formula is C23H29N3O2S. The molecule has 1 aliphatic heterocycles. The number of nitrogens with zero attached hydrogens (tertiary/aromatic N) is 2. The second-order valence-electron chi connectivity index (χ2n) is 9.38. The van der Waals surface area contributed by atoms with Crippen molar-refractivity contribution < 1.29 is 9.59 Å². The third kappa shape index (κ3) is 4.53. The van der Waals surface area contributed by atoms with Crippen LogP contribution in [0.1, 0.15) is 58.4 Å². The zero-order valence-electron chi connectivity index (χ0n) is 17.5. The van der Waals surface area contributed by atoms with Gasteiger partial charge in [-0.25, -0.2) is 4.98 Å². The number of nitrogens with one attached hydrogen (secondary N) is 1. The number of carbonyl (C=O) groups is 2. The molecule has 4 rings (SSSR count). The Bertz CT molecular complexity index is 922. The SMILES string of the molecule is CC(C)(C)CC(=O)N1CCc2cc(-c3csc(NC(=O)C4CCCC4)n3)ccc21. The van der Waals surface area contributed by atoms with Crippen LogP contribution in [0.5, 0.6) is 0 Å². The van der Waals surface area contributed by atoms with Crippen molar-refractivity contribution in [3.8, 4) is 11.3 Å². The summed E-state index contributed by atoms with van der Waals surface area (Å²) in [7, 11) is 0. The van der Waals surface area contributed by atoms with Crippen molar-refractivity contribution in [1.29, 1.82) is 0 Å². The lowest BCUT2D eigenvalue weighted by Gasteiger charge is -2.23. The highest BCUT2D eigenvalue weighted by molar-refractivity contribution is 7.14. The minimum Gasteiger partial charge on any atom is -0.312 e. The molecule has 0 bridgehead atoms. The molecule has 6 heteroatoms. The fourth-order valence-electron chi connectivity index (χ4n) is 4.23. The summed E-state index contributed by atoms with van der Waals surface area (Å²) in [5.74, 6) is 0.430. The van der Waals surface area contributed by atoms with Gasteiger partial charge in [0.1, 0.15) is 0 Å². The fraction of sp³-hybridized carbons (Fsp3) is 0.522. The molecule has 0 radical (unpaired) electrons. The standard InChI is InChI=1S/C23H29N3O2S/c1-23(2,3)13-20(27)26-11-10-17-12-16(8-9-19(17)26)18-14-29-22(24-18)25-21(28)15-6-4-5-7-15/h8-9,12,14-15H,4-7,10-11,13H2,1-3H3,(H,24,25,28). The number of rotatable bonds is 4. The van der Waals surface area contributed by atoms with Gasteiger partial charge in [-0.2, -0.15) is 0 Å². The van der Waals surface area contributed by atoms with Crippen LogP contribution in [0.15, 0.2) is 23.6 Å².